The van der Waals surface area contributed by atoms with E-state index >= 15 is 0 Å². The van der Waals surface area contributed by atoms with E-state index in [1.54, 1.807) is 28.0 Å². The Labute approximate surface area is 188 Å². The van der Waals surface area contributed by atoms with Crippen molar-refractivity contribution in [2.45, 2.75) is 52.6 Å². The predicted octanol–water partition coefficient (Wildman–Crippen LogP) is 4.82. The summed E-state index contributed by atoms with van der Waals surface area (Å²) in [7, 11) is 0. The highest BCUT2D eigenvalue weighted by Crippen LogP contribution is 2.34. The smallest absolute Gasteiger partial charge is 0.263 e. The lowest BCUT2D eigenvalue weighted by atomic mass is 9.97. The van der Waals surface area contributed by atoms with E-state index in [0.29, 0.717) is 17.9 Å². The van der Waals surface area contributed by atoms with Crippen LogP contribution < -0.4 is 5.56 Å². The van der Waals surface area contributed by atoms with Crippen LogP contribution in [0, 0.1) is 0 Å². The van der Waals surface area contributed by atoms with Gasteiger partial charge in [0, 0.05) is 14.9 Å². The molecule has 1 aliphatic carbocycles. The van der Waals surface area contributed by atoms with Gasteiger partial charge >= 0.3 is 0 Å². The molecular formula is C23H26BrN3O2S. The monoisotopic (exact) mass is 487 g/mol. The summed E-state index contributed by atoms with van der Waals surface area (Å²) in [5.74, 6) is 0.607. The van der Waals surface area contributed by atoms with Gasteiger partial charge in [-0.05, 0) is 56.5 Å². The lowest BCUT2D eigenvalue weighted by molar-refractivity contribution is 0.0968. The molecular weight excluding hydrogens is 462 g/mol. The summed E-state index contributed by atoms with van der Waals surface area (Å²) < 4.78 is 2.54. The van der Waals surface area contributed by atoms with Crippen molar-refractivity contribution < 1.29 is 4.79 Å². The van der Waals surface area contributed by atoms with Gasteiger partial charge < -0.3 is 0 Å². The maximum Gasteiger partial charge on any atom is 0.263 e. The standard InChI is InChI=1S/C23H26BrN3O2S/c1-3-26(4-2)14-20-25-22-21(17-7-5-6-8-19(17)30-22)23(29)27(20)13-18(28)15-9-11-16(24)12-10-15/h9-12H,3-8,13-14H2,1-2H3. The molecule has 0 saturated carbocycles. The van der Waals surface area contributed by atoms with Gasteiger partial charge in [0.2, 0.25) is 0 Å². The number of thiophene rings is 1. The van der Waals surface area contributed by atoms with Gasteiger partial charge in [-0.15, -0.1) is 11.3 Å². The number of halogens is 1. The number of ketones is 1. The van der Waals surface area contributed by atoms with Gasteiger partial charge in [0.15, 0.2) is 5.78 Å². The van der Waals surface area contributed by atoms with Crippen molar-refractivity contribution in [3.8, 4) is 0 Å². The number of hydrogen-bond acceptors (Lipinski definition) is 5. The molecule has 0 bridgehead atoms. The molecule has 0 fully saturated rings. The SMILES string of the molecule is CCN(CC)Cc1nc2sc3c(c2c(=O)n1CC(=O)c1ccc(Br)cc1)CCCC3. The number of fused-ring (bicyclic) bond motifs is 3. The largest absolute Gasteiger partial charge is 0.297 e. The van der Waals surface area contributed by atoms with Crippen LogP contribution >= 0.6 is 27.3 Å². The van der Waals surface area contributed by atoms with Crippen molar-refractivity contribution in [2.75, 3.05) is 13.1 Å². The van der Waals surface area contributed by atoms with Crippen molar-refractivity contribution in [1.29, 1.82) is 0 Å². The fraction of sp³-hybridized carbons (Fsp3) is 0.435. The Morgan fingerprint density at radius 2 is 1.87 bits per heavy atom. The summed E-state index contributed by atoms with van der Waals surface area (Å²) in [5.41, 5.74) is 1.70. The van der Waals surface area contributed by atoms with E-state index in [0.717, 1.165) is 52.6 Å². The lowest BCUT2D eigenvalue weighted by Crippen LogP contribution is -2.33. The van der Waals surface area contributed by atoms with E-state index in [9.17, 15) is 9.59 Å². The fourth-order valence-corrected chi connectivity index (χ4v) is 5.62. The van der Waals surface area contributed by atoms with Gasteiger partial charge in [0.05, 0.1) is 18.5 Å². The summed E-state index contributed by atoms with van der Waals surface area (Å²) in [4.78, 5) is 35.9. The number of carbonyl (C=O) groups excluding carboxylic acids is 1. The van der Waals surface area contributed by atoms with Crippen molar-refractivity contribution in [2.24, 2.45) is 0 Å². The van der Waals surface area contributed by atoms with Crippen LogP contribution in [0.5, 0.6) is 0 Å². The number of benzene rings is 1. The topological polar surface area (TPSA) is 55.2 Å². The molecule has 0 unspecified atom stereocenters. The minimum atomic E-state index is -0.0735. The van der Waals surface area contributed by atoms with Gasteiger partial charge in [0.1, 0.15) is 10.7 Å². The number of nitrogens with zero attached hydrogens (tertiary/aromatic N) is 3. The first-order valence-electron chi connectivity index (χ1n) is 10.6. The van der Waals surface area contributed by atoms with Gasteiger partial charge in [-0.3, -0.25) is 19.1 Å². The first-order chi connectivity index (χ1) is 14.5. The second kappa shape index (κ2) is 9.12. The molecule has 2 aromatic heterocycles. The van der Waals surface area contributed by atoms with Gasteiger partial charge in [-0.1, -0.05) is 41.9 Å². The highest BCUT2D eigenvalue weighted by atomic mass is 79.9. The zero-order valence-corrected chi connectivity index (χ0v) is 19.8. The van der Waals surface area contributed by atoms with Crippen LogP contribution in [0.4, 0.5) is 0 Å². The molecule has 5 nitrogen and oxygen atoms in total. The fourth-order valence-electron chi connectivity index (χ4n) is 4.08. The van der Waals surface area contributed by atoms with E-state index in [-0.39, 0.29) is 17.9 Å². The van der Waals surface area contributed by atoms with E-state index < -0.39 is 0 Å². The molecule has 1 aliphatic rings. The molecule has 0 radical (unpaired) electrons. The Morgan fingerprint density at radius 3 is 2.57 bits per heavy atom. The molecule has 0 aliphatic heterocycles. The van der Waals surface area contributed by atoms with Crippen molar-refractivity contribution in [1.82, 2.24) is 14.5 Å². The normalized spacial score (nSPS) is 13.7. The third-order valence-corrected chi connectivity index (χ3v) is 7.60. The molecule has 2 heterocycles. The van der Waals surface area contributed by atoms with Crippen LogP contribution in [-0.4, -0.2) is 33.3 Å². The Bertz CT molecular complexity index is 1130. The molecule has 0 saturated heterocycles. The number of aromatic nitrogens is 2. The zero-order chi connectivity index (χ0) is 21.3. The Balaban J connectivity index is 1.81. The van der Waals surface area contributed by atoms with Crippen LogP contribution in [0.1, 0.15) is 53.3 Å². The number of rotatable bonds is 7. The molecule has 7 heteroatoms. The molecule has 0 N–H and O–H groups in total. The molecule has 4 rings (SSSR count). The number of Topliss-reactive ketones (excluding diaryl/α,β-unsaturated/α-hetero) is 1. The summed E-state index contributed by atoms with van der Waals surface area (Å²) in [6.45, 7) is 6.51. The number of carbonyl (C=O) groups is 1. The van der Waals surface area contributed by atoms with E-state index in [1.807, 2.05) is 12.1 Å². The summed E-state index contributed by atoms with van der Waals surface area (Å²) in [6.07, 6.45) is 4.24. The number of aryl methyl sites for hydroxylation is 2. The van der Waals surface area contributed by atoms with Crippen LogP contribution in [-0.2, 0) is 25.9 Å². The second-order valence-electron chi connectivity index (χ2n) is 7.70. The highest BCUT2D eigenvalue weighted by molar-refractivity contribution is 9.10. The lowest BCUT2D eigenvalue weighted by Gasteiger charge is -2.20. The summed E-state index contributed by atoms with van der Waals surface area (Å²) >= 11 is 5.07. The molecule has 0 atom stereocenters. The average Bonchev–Trinajstić information content (AvgIpc) is 3.13. The predicted molar refractivity (Wildman–Crippen MR) is 126 cm³/mol. The Kier molecular flexibility index (Phi) is 6.51. The first kappa shape index (κ1) is 21.4. The maximum atomic E-state index is 13.6. The average molecular weight is 488 g/mol. The minimum absolute atomic E-state index is 0.0185. The summed E-state index contributed by atoms with van der Waals surface area (Å²) in [5, 5.41) is 0.738. The second-order valence-corrected chi connectivity index (χ2v) is 9.70. The van der Waals surface area contributed by atoms with Crippen LogP contribution in [0.3, 0.4) is 0 Å². The molecule has 0 spiro atoms. The van der Waals surface area contributed by atoms with Gasteiger partial charge in [-0.2, -0.15) is 0 Å². The molecule has 158 valence electrons. The van der Waals surface area contributed by atoms with Crippen molar-refractivity contribution in [3.63, 3.8) is 0 Å². The van der Waals surface area contributed by atoms with Crippen LogP contribution in [0.15, 0.2) is 33.5 Å². The third-order valence-electron chi connectivity index (χ3n) is 5.88. The van der Waals surface area contributed by atoms with Crippen LogP contribution in [0.2, 0.25) is 0 Å². The van der Waals surface area contributed by atoms with Gasteiger partial charge in [-0.25, -0.2) is 4.98 Å². The van der Waals surface area contributed by atoms with Crippen LogP contribution in [0.25, 0.3) is 10.2 Å². The van der Waals surface area contributed by atoms with E-state index in [1.165, 1.54) is 11.3 Å². The number of hydrogen-bond donors (Lipinski definition) is 0. The highest BCUT2D eigenvalue weighted by Gasteiger charge is 2.23. The minimum Gasteiger partial charge on any atom is -0.297 e. The Morgan fingerprint density at radius 1 is 1.17 bits per heavy atom. The molecule has 0 amide bonds. The van der Waals surface area contributed by atoms with Crippen molar-refractivity contribution in [3.05, 3.63) is 60.9 Å². The Hall–Kier alpha value is -1.83. The molecule has 1 aromatic carbocycles. The first-order valence-corrected chi connectivity index (χ1v) is 12.2. The third kappa shape index (κ3) is 4.15. The zero-order valence-electron chi connectivity index (χ0n) is 17.4. The van der Waals surface area contributed by atoms with E-state index in [4.69, 9.17) is 4.98 Å². The quantitative estimate of drug-likeness (QED) is 0.448. The summed E-state index contributed by atoms with van der Waals surface area (Å²) in [6, 6.07) is 7.28. The van der Waals surface area contributed by atoms with E-state index in [2.05, 4.69) is 34.7 Å². The maximum absolute atomic E-state index is 13.6. The van der Waals surface area contributed by atoms with Crippen molar-refractivity contribution >= 4 is 43.3 Å². The molecule has 30 heavy (non-hydrogen) atoms. The van der Waals surface area contributed by atoms with Gasteiger partial charge in [0.25, 0.3) is 5.56 Å². The molecule has 3 aromatic rings.